The molecule has 118 valence electrons. The summed E-state index contributed by atoms with van der Waals surface area (Å²) in [5.41, 5.74) is 0.575. The Morgan fingerprint density at radius 2 is 2.09 bits per heavy atom. The first kappa shape index (κ1) is 14.9. The lowest BCUT2D eigenvalue weighted by Gasteiger charge is -2.17. The van der Waals surface area contributed by atoms with Gasteiger partial charge in [-0.25, -0.2) is 4.98 Å². The predicted molar refractivity (Wildman–Crippen MR) is 83.1 cm³/mol. The molecule has 0 saturated carbocycles. The van der Waals surface area contributed by atoms with E-state index in [1.807, 2.05) is 0 Å². The molecule has 1 aliphatic rings. The molecule has 1 N–H and O–H groups in total. The number of carbonyl (C=O) groups is 1. The lowest BCUT2D eigenvalue weighted by atomic mass is 10.2. The van der Waals surface area contributed by atoms with Crippen LogP contribution in [0.1, 0.15) is 16.8 Å². The molecule has 0 radical (unpaired) electrons. The van der Waals surface area contributed by atoms with Gasteiger partial charge in [-0.05, 0) is 24.6 Å². The molecular formula is C15H15N5O3. The van der Waals surface area contributed by atoms with Crippen molar-refractivity contribution in [1.29, 1.82) is 0 Å². The number of nitrogens with zero attached hydrogens (tertiary/aromatic N) is 4. The summed E-state index contributed by atoms with van der Waals surface area (Å²) in [6.45, 7) is 1.23. The molecule has 0 spiro atoms. The van der Waals surface area contributed by atoms with Crippen molar-refractivity contribution in [2.24, 2.45) is 0 Å². The summed E-state index contributed by atoms with van der Waals surface area (Å²) in [6, 6.07) is 6.45. The van der Waals surface area contributed by atoms with Crippen molar-refractivity contribution in [1.82, 2.24) is 14.9 Å². The summed E-state index contributed by atoms with van der Waals surface area (Å²) in [6.07, 6.45) is 5.21. The molecule has 0 bridgehead atoms. The van der Waals surface area contributed by atoms with E-state index in [0.29, 0.717) is 24.5 Å². The summed E-state index contributed by atoms with van der Waals surface area (Å²) in [4.78, 5) is 32.2. The predicted octanol–water partition coefficient (Wildman–Crippen LogP) is 1.71. The summed E-state index contributed by atoms with van der Waals surface area (Å²) in [5, 5.41) is 13.8. The van der Waals surface area contributed by atoms with Crippen LogP contribution in [0.2, 0.25) is 0 Å². The first-order chi connectivity index (χ1) is 11.1. The number of amides is 1. The van der Waals surface area contributed by atoms with Crippen molar-refractivity contribution in [3.63, 3.8) is 0 Å². The molecule has 0 aromatic carbocycles. The van der Waals surface area contributed by atoms with Gasteiger partial charge < -0.3 is 10.2 Å². The van der Waals surface area contributed by atoms with Gasteiger partial charge in [-0.2, -0.15) is 0 Å². The number of carbonyl (C=O) groups excluding carboxylic acids is 1. The molecule has 1 amide bonds. The third kappa shape index (κ3) is 3.42. The normalized spacial score (nSPS) is 17.0. The second kappa shape index (κ2) is 6.39. The molecule has 3 heterocycles. The zero-order chi connectivity index (χ0) is 16.2. The maximum absolute atomic E-state index is 12.3. The fourth-order valence-corrected chi connectivity index (χ4v) is 2.53. The largest absolute Gasteiger partial charge is 0.365 e. The van der Waals surface area contributed by atoms with Crippen LogP contribution in [0.3, 0.4) is 0 Å². The second-order valence-electron chi connectivity index (χ2n) is 5.28. The van der Waals surface area contributed by atoms with E-state index in [1.54, 1.807) is 35.5 Å². The van der Waals surface area contributed by atoms with E-state index in [-0.39, 0.29) is 17.6 Å². The van der Waals surface area contributed by atoms with Gasteiger partial charge in [0.1, 0.15) is 12.0 Å². The monoisotopic (exact) mass is 313 g/mol. The number of hydrogen-bond acceptors (Lipinski definition) is 6. The van der Waals surface area contributed by atoms with Gasteiger partial charge >= 0.3 is 0 Å². The Balaban J connectivity index is 1.59. The van der Waals surface area contributed by atoms with Crippen molar-refractivity contribution in [2.75, 3.05) is 18.4 Å². The number of pyridine rings is 2. The number of likely N-dealkylation sites (tertiary alicyclic amines) is 1. The van der Waals surface area contributed by atoms with E-state index in [0.717, 1.165) is 6.42 Å². The number of nitro groups is 1. The van der Waals surface area contributed by atoms with E-state index in [1.165, 1.54) is 12.3 Å². The first-order valence-corrected chi connectivity index (χ1v) is 7.20. The Hall–Kier alpha value is -3.03. The van der Waals surface area contributed by atoms with Crippen LogP contribution in [-0.4, -0.2) is 44.8 Å². The van der Waals surface area contributed by atoms with Gasteiger partial charge in [-0.3, -0.25) is 19.9 Å². The maximum atomic E-state index is 12.3. The third-order valence-electron chi connectivity index (χ3n) is 3.71. The summed E-state index contributed by atoms with van der Waals surface area (Å²) in [5.74, 6) is 0.548. The van der Waals surface area contributed by atoms with Crippen LogP contribution in [0.25, 0.3) is 0 Å². The molecule has 8 nitrogen and oxygen atoms in total. The van der Waals surface area contributed by atoms with Crippen LogP contribution in [0.15, 0.2) is 42.9 Å². The average molecular weight is 313 g/mol. The van der Waals surface area contributed by atoms with Gasteiger partial charge in [0.2, 0.25) is 0 Å². The fraction of sp³-hybridized carbons (Fsp3) is 0.267. The van der Waals surface area contributed by atoms with Crippen LogP contribution < -0.4 is 5.32 Å². The smallest absolute Gasteiger partial charge is 0.287 e. The zero-order valence-electron chi connectivity index (χ0n) is 12.3. The Labute approximate surface area is 132 Å². The zero-order valence-corrected chi connectivity index (χ0v) is 12.3. The SMILES string of the molecule is O=C(c1ccncc1)N1CCC(Nc2ccc([N+](=O)[O-])cn2)C1. The van der Waals surface area contributed by atoms with Crippen LogP contribution in [-0.2, 0) is 0 Å². The minimum absolute atomic E-state index is 0.0200. The van der Waals surface area contributed by atoms with Crippen molar-refractivity contribution in [2.45, 2.75) is 12.5 Å². The van der Waals surface area contributed by atoms with E-state index >= 15 is 0 Å². The van der Waals surface area contributed by atoms with Gasteiger partial charge in [-0.1, -0.05) is 0 Å². The van der Waals surface area contributed by atoms with Gasteiger partial charge in [0.05, 0.1) is 4.92 Å². The summed E-state index contributed by atoms with van der Waals surface area (Å²) in [7, 11) is 0. The Morgan fingerprint density at radius 3 is 2.74 bits per heavy atom. The van der Waals surface area contributed by atoms with Gasteiger partial charge in [0, 0.05) is 43.2 Å². The quantitative estimate of drug-likeness (QED) is 0.681. The van der Waals surface area contributed by atoms with Crippen LogP contribution in [0.5, 0.6) is 0 Å². The molecule has 1 atom stereocenters. The van der Waals surface area contributed by atoms with Crippen molar-refractivity contribution in [3.8, 4) is 0 Å². The van der Waals surface area contributed by atoms with Crippen LogP contribution in [0.4, 0.5) is 11.5 Å². The number of aromatic nitrogens is 2. The molecule has 1 unspecified atom stereocenters. The summed E-state index contributed by atoms with van der Waals surface area (Å²) < 4.78 is 0. The molecule has 1 fully saturated rings. The van der Waals surface area contributed by atoms with Crippen molar-refractivity contribution >= 4 is 17.4 Å². The molecule has 1 saturated heterocycles. The Kier molecular flexibility index (Phi) is 4.13. The Morgan fingerprint density at radius 1 is 1.30 bits per heavy atom. The third-order valence-corrected chi connectivity index (χ3v) is 3.71. The molecule has 1 aliphatic heterocycles. The van der Waals surface area contributed by atoms with Crippen molar-refractivity contribution < 1.29 is 9.72 Å². The molecular weight excluding hydrogens is 298 g/mol. The molecule has 2 aromatic heterocycles. The molecule has 0 aliphatic carbocycles. The van der Waals surface area contributed by atoms with E-state index in [2.05, 4.69) is 15.3 Å². The van der Waals surface area contributed by atoms with E-state index < -0.39 is 4.92 Å². The number of hydrogen-bond donors (Lipinski definition) is 1. The fourth-order valence-electron chi connectivity index (χ4n) is 2.53. The maximum Gasteiger partial charge on any atom is 0.287 e. The highest BCUT2D eigenvalue weighted by Crippen LogP contribution is 2.18. The highest BCUT2D eigenvalue weighted by atomic mass is 16.6. The molecule has 23 heavy (non-hydrogen) atoms. The summed E-state index contributed by atoms with van der Waals surface area (Å²) >= 11 is 0. The molecule has 2 aromatic rings. The van der Waals surface area contributed by atoms with Gasteiger partial charge in [-0.15, -0.1) is 0 Å². The minimum Gasteiger partial charge on any atom is -0.365 e. The van der Waals surface area contributed by atoms with Gasteiger partial charge in [0.25, 0.3) is 11.6 Å². The highest BCUT2D eigenvalue weighted by Gasteiger charge is 2.27. The van der Waals surface area contributed by atoms with E-state index in [4.69, 9.17) is 0 Å². The topological polar surface area (TPSA) is 101 Å². The minimum atomic E-state index is -0.485. The van der Waals surface area contributed by atoms with E-state index in [9.17, 15) is 14.9 Å². The van der Waals surface area contributed by atoms with Crippen LogP contribution >= 0.6 is 0 Å². The van der Waals surface area contributed by atoms with Crippen LogP contribution in [0, 0.1) is 10.1 Å². The average Bonchev–Trinajstić information content (AvgIpc) is 3.04. The number of nitrogens with one attached hydrogen (secondary N) is 1. The number of anilines is 1. The highest BCUT2D eigenvalue weighted by molar-refractivity contribution is 5.94. The standard InChI is InChI=1S/C15H15N5O3/c21-15(11-3-6-16-7-4-11)19-8-5-12(10-19)18-14-2-1-13(9-17-14)20(22)23/h1-4,6-7,9,12H,5,8,10H2,(H,17,18). The van der Waals surface area contributed by atoms with Crippen molar-refractivity contribution in [3.05, 3.63) is 58.5 Å². The first-order valence-electron chi connectivity index (χ1n) is 7.20. The lowest BCUT2D eigenvalue weighted by molar-refractivity contribution is -0.385. The molecule has 3 rings (SSSR count). The van der Waals surface area contributed by atoms with Gasteiger partial charge in [0.15, 0.2) is 0 Å². The lowest BCUT2D eigenvalue weighted by Crippen LogP contribution is -2.31. The second-order valence-corrected chi connectivity index (χ2v) is 5.28. The Bertz CT molecular complexity index is 705. The molecule has 8 heteroatoms. The number of rotatable bonds is 4.